The molecule has 2 N–H and O–H groups in total. The van der Waals surface area contributed by atoms with Crippen molar-refractivity contribution in [3.8, 4) is 10.6 Å². The number of hydrogen-bond donors (Lipinski definition) is 2. The number of nitrogens with one attached hydrogen (secondary N) is 1. The molecule has 106 valence electrons. The van der Waals surface area contributed by atoms with Gasteiger partial charge in [-0.25, -0.2) is 9.78 Å². The zero-order valence-corrected chi connectivity index (χ0v) is 12.5. The van der Waals surface area contributed by atoms with E-state index in [1.807, 2.05) is 23.8 Å². The number of amides is 1. The molecular formula is C13H14N2O3S2. The number of thiazole rings is 1. The summed E-state index contributed by atoms with van der Waals surface area (Å²) in [6, 6.07) is 1.07. The Labute approximate surface area is 124 Å². The molecule has 2 heterocycles. The molecular weight excluding hydrogens is 296 g/mol. The highest BCUT2D eigenvalue weighted by atomic mass is 32.1. The Balaban J connectivity index is 2.08. The third kappa shape index (κ3) is 3.43. The average molecular weight is 310 g/mol. The van der Waals surface area contributed by atoms with Gasteiger partial charge in [0, 0.05) is 16.3 Å². The molecule has 7 heteroatoms. The standard InChI is InChI=1S/C13H14N2O3S2/c1-2-3-9(13(17)18)14-11(16)10-7-20-12(15-10)8-4-5-19-6-8/h4-7,9H,2-3H2,1H3,(H,14,16)(H,17,18)/t9-/m0/s1. The number of aliphatic carboxylic acids is 1. The lowest BCUT2D eigenvalue weighted by Crippen LogP contribution is -2.40. The number of aromatic nitrogens is 1. The molecule has 20 heavy (non-hydrogen) atoms. The number of nitrogens with zero attached hydrogens (tertiary/aromatic N) is 1. The van der Waals surface area contributed by atoms with Gasteiger partial charge in [-0.1, -0.05) is 13.3 Å². The van der Waals surface area contributed by atoms with Crippen molar-refractivity contribution in [3.63, 3.8) is 0 Å². The van der Waals surface area contributed by atoms with Crippen molar-refractivity contribution in [2.45, 2.75) is 25.8 Å². The number of hydrogen-bond acceptors (Lipinski definition) is 5. The van der Waals surface area contributed by atoms with Crippen molar-refractivity contribution in [1.29, 1.82) is 0 Å². The van der Waals surface area contributed by atoms with Crippen molar-refractivity contribution >= 4 is 34.6 Å². The van der Waals surface area contributed by atoms with Crippen LogP contribution in [0, 0.1) is 0 Å². The number of carboxylic acids is 1. The fraction of sp³-hybridized carbons (Fsp3) is 0.308. The number of carboxylic acid groups (broad SMARTS) is 1. The number of thiophene rings is 1. The van der Waals surface area contributed by atoms with Crippen molar-refractivity contribution in [2.75, 3.05) is 0 Å². The van der Waals surface area contributed by atoms with Gasteiger partial charge in [-0.2, -0.15) is 11.3 Å². The molecule has 2 aromatic heterocycles. The zero-order chi connectivity index (χ0) is 14.5. The van der Waals surface area contributed by atoms with E-state index in [4.69, 9.17) is 5.11 Å². The summed E-state index contributed by atoms with van der Waals surface area (Å²) in [6.07, 6.45) is 1.09. The van der Waals surface area contributed by atoms with Gasteiger partial charge in [0.2, 0.25) is 0 Å². The zero-order valence-electron chi connectivity index (χ0n) is 10.8. The highest BCUT2D eigenvalue weighted by Gasteiger charge is 2.21. The Morgan fingerprint density at radius 1 is 1.45 bits per heavy atom. The Bertz CT molecular complexity index is 593. The minimum absolute atomic E-state index is 0.263. The minimum Gasteiger partial charge on any atom is -0.480 e. The predicted molar refractivity (Wildman–Crippen MR) is 79.2 cm³/mol. The van der Waals surface area contributed by atoms with Gasteiger partial charge >= 0.3 is 5.97 Å². The first-order chi connectivity index (χ1) is 9.61. The van der Waals surface area contributed by atoms with E-state index in [1.165, 1.54) is 11.3 Å². The van der Waals surface area contributed by atoms with Crippen LogP contribution in [0.2, 0.25) is 0 Å². The second-order valence-corrected chi connectivity index (χ2v) is 5.84. The van der Waals surface area contributed by atoms with Crippen molar-refractivity contribution in [1.82, 2.24) is 10.3 Å². The van der Waals surface area contributed by atoms with E-state index < -0.39 is 17.9 Å². The fourth-order valence-electron chi connectivity index (χ4n) is 1.68. The largest absolute Gasteiger partial charge is 0.480 e. The summed E-state index contributed by atoms with van der Waals surface area (Å²) in [6.45, 7) is 1.87. The van der Waals surface area contributed by atoms with Gasteiger partial charge in [0.15, 0.2) is 0 Å². The van der Waals surface area contributed by atoms with Gasteiger partial charge in [-0.05, 0) is 17.9 Å². The number of carbonyl (C=O) groups excluding carboxylic acids is 1. The fourth-order valence-corrected chi connectivity index (χ4v) is 3.19. The van der Waals surface area contributed by atoms with Crippen LogP contribution in [0.3, 0.4) is 0 Å². The molecule has 2 rings (SSSR count). The second kappa shape index (κ2) is 6.62. The smallest absolute Gasteiger partial charge is 0.326 e. The van der Waals surface area contributed by atoms with Crippen molar-refractivity contribution < 1.29 is 14.7 Å². The van der Waals surface area contributed by atoms with Gasteiger partial charge < -0.3 is 10.4 Å². The SMILES string of the molecule is CCC[C@H](NC(=O)c1csc(-c2ccsc2)n1)C(=O)O. The summed E-state index contributed by atoms with van der Waals surface area (Å²) in [5, 5.41) is 17.8. The lowest BCUT2D eigenvalue weighted by molar-refractivity contribution is -0.139. The maximum atomic E-state index is 12.0. The Morgan fingerprint density at radius 2 is 2.25 bits per heavy atom. The van der Waals surface area contributed by atoms with Crippen LogP contribution in [-0.2, 0) is 4.79 Å². The maximum absolute atomic E-state index is 12.0. The van der Waals surface area contributed by atoms with E-state index in [2.05, 4.69) is 10.3 Å². The molecule has 0 aromatic carbocycles. The van der Waals surface area contributed by atoms with Crippen LogP contribution in [-0.4, -0.2) is 28.0 Å². The maximum Gasteiger partial charge on any atom is 0.326 e. The van der Waals surface area contributed by atoms with Gasteiger partial charge in [-0.3, -0.25) is 4.79 Å². The molecule has 0 bridgehead atoms. The monoisotopic (exact) mass is 310 g/mol. The van der Waals surface area contributed by atoms with E-state index >= 15 is 0 Å². The highest BCUT2D eigenvalue weighted by Crippen LogP contribution is 2.25. The van der Waals surface area contributed by atoms with E-state index in [1.54, 1.807) is 16.7 Å². The van der Waals surface area contributed by atoms with Crippen LogP contribution in [0.25, 0.3) is 10.6 Å². The first kappa shape index (κ1) is 14.7. The van der Waals surface area contributed by atoms with Crippen LogP contribution in [0.15, 0.2) is 22.2 Å². The number of rotatable bonds is 6. The van der Waals surface area contributed by atoms with E-state index in [-0.39, 0.29) is 5.69 Å². The third-order valence-electron chi connectivity index (χ3n) is 2.69. The van der Waals surface area contributed by atoms with Crippen molar-refractivity contribution in [2.24, 2.45) is 0 Å². The first-order valence-electron chi connectivity index (χ1n) is 6.13. The van der Waals surface area contributed by atoms with Crippen LogP contribution in [0.4, 0.5) is 0 Å². The predicted octanol–water partition coefficient (Wildman–Crippen LogP) is 2.85. The van der Waals surface area contributed by atoms with Crippen LogP contribution < -0.4 is 5.32 Å². The number of carbonyl (C=O) groups is 2. The minimum atomic E-state index is -1.02. The molecule has 0 aliphatic carbocycles. The lowest BCUT2D eigenvalue weighted by atomic mass is 10.1. The molecule has 5 nitrogen and oxygen atoms in total. The quantitative estimate of drug-likeness (QED) is 0.860. The van der Waals surface area contributed by atoms with E-state index in [0.717, 1.165) is 10.6 Å². The summed E-state index contributed by atoms with van der Waals surface area (Å²) >= 11 is 2.93. The summed E-state index contributed by atoms with van der Waals surface area (Å²) < 4.78 is 0. The van der Waals surface area contributed by atoms with Crippen LogP contribution >= 0.6 is 22.7 Å². The van der Waals surface area contributed by atoms with Crippen LogP contribution in [0.1, 0.15) is 30.3 Å². The normalized spacial score (nSPS) is 12.1. The molecule has 0 aliphatic rings. The molecule has 0 unspecified atom stereocenters. The molecule has 0 radical (unpaired) electrons. The van der Waals surface area contributed by atoms with Gasteiger partial charge in [0.05, 0.1) is 0 Å². The molecule has 0 fully saturated rings. The average Bonchev–Trinajstić information content (AvgIpc) is 3.08. The van der Waals surface area contributed by atoms with Gasteiger partial charge in [0.25, 0.3) is 5.91 Å². The Morgan fingerprint density at radius 3 is 2.85 bits per heavy atom. The van der Waals surface area contributed by atoms with E-state index in [9.17, 15) is 9.59 Å². The molecule has 2 aromatic rings. The first-order valence-corrected chi connectivity index (χ1v) is 7.95. The topological polar surface area (TPSA) is 79.3 Å². The molecule has 0 spiro atoms. The Kier molecular flexibility index (Phi) is 4.86. The summed E-state index contributed by atoms with van der Waals surface area (Å²) in [4.78, 5) is 27.3. The summed E-state index contributed by atoms with van der Waals surface area (Å²) in [7, 11) is 0. The summed E-state index contributed by atoms with van der Waals surface area (Å²) in [5.41, 5.74) is 1.24. The Hall–Kier alpha value is -1.73. The second-order valence-electron chi connectivity index (χ2n) is 4.20. The molecule has 0 saturated heterocycles. The third-order valence-corrected chi connectivity index (χ3v) is 4.26. The van der Waals surface area contributed by atoms with E-state index in [0.29, 0.717) is 12.8 Å². The van der Waals surface area contributed by atoms with Gasteiger partial charge in [-0.15, -0.1) is 11.3 Å². The van der Waals surface area contributed by atoms with Gasteiger partial charge in [0.1, 0.15) is 16.7 Å². The highest BCUT2D eigenvalue weighted by molar-refractivity contribution is 7.14. The molecule has 0 saturated carbocycles. The molecule has 1 amide bonds. The summed E-state index contributed by atoms with van der Waals surface area (Å²) in [5.74, 6) is -1.46. The van der Waals surface area contributed by atoms with Crippen molar-refractivity contribution in [3.05, 3.63) is 27.9 Å². The van der Waals surface area contributed by atoms with Crippen LogP contribution in [0.5, 0.6) is 0 Å². The lowest BCUT2D eigenvalue weighted by Gasteiger charge is -2.12. The molecule has 1 atom stereocenters. The molecule has 0 aliphatic heterocycles.